The van der Waals surface area contributed by atoms with Crippen molar-refractivity contribution in [2.75, 3.05) is 32.3 Å². The van der Waals surface area contributed by atoms with Gasteiger partial charge in [-0.15, -0.1) is 18.5 Å². The maximum absolute atomic E-state index is 3.98. The number of nitrogens with one attached hydrogen (secondary N) is 4. The molecule has 4 bridgehead atoms. The summed E-state index contributed by atoms with van der Waals surface area (Å²) in [5.41, 5.74) is 7.91. The first-order valence-electron chi connectivity index (χ1n) is 17.1. The smallest absolute Gasteiger partial charge is 0.0735 e. The SMILES string of the molecule is PCC1C2CC3CC(C2)CC1(C1=C(C(P)(C2NCCCN2)C2NCCCN2)C=C(c2ccccc2)C1c1ccccc1)C3. The van der Waals surface area contributed by atoms with Crippen molar-refractivity contribution in [2.24, 2.45) is 29.1 Å². The molecule has 6 atom stereocenters. The van der Waals surface area contributed by atoms with E-state index < -0.39 is 0 Å². The maximum Gasteiger partial charge on any atom is 0.0735 e. The fourth-order valence-corrected chi connectivity index (χ4v) is 12.4. The Labute approximate surface area is 263 Å². The molecule has 2 heterocycles. The van der Waals surface area contributed by atoms with Crippen LogP contribution < -0.4 is 21.3 Å². The van der Waals surface area contributed by atoms with Crippen molar-refractivity contribution in [1.29, 1.82) is 0 Å². The van der Waals surface area contributed by atoms with Crippen LogP contribution in [0, 0.1) is 29.1 Å². The van der Waals surface area contributed by atoms with Crippen molar-refractivity contribution in [2.45, 2.75) is 68.4 Å². The molecule has 43 heavy (non-hydrogen) atoms. The summed E-state index contributed by atoms with van der Waals surface area (Å²) < 4.78 is 0. The Morgan fingerprint density at radius 1 is 0.744 bits per heavy atom. The minimum atomic E-state index is -0.242. The van der Waals surface area contributed by atoms with Crippen LogP contribution in [0.2, 0.25) is 0 Å². The van der Waals surface area contributed by atoms with Crippen molar-refractivity contribution < 1.29 is 0 Å². The lowest BCUT2D eigenvalue weighted by molar-refractivity contribution is -0.0800. The number of hydrogen-bond acceptors (Lipinski definition) is 4. The molecule has 5 aliphatic carbocycles. The summed E-state index contributed by atoms with van der Waals surface area (Å²) in [6.07, 6.45) is 13.7. The van der Waals surface area contributed by atoms with Crippen molar-refractivity contribution in [3.05, 3.63) is 89.0 Å². The fraction of sp³-hybridized carbons (Fsp3) is 0.568. The summed E-state index contributed by atoms with van der Waals surface area (Å²) >= 11 is 0. The Hall–Kier alpha value is -1.38. The second kappa shape index (κ2) is 11.8. The van der Waals surface area contributed by atoms with Crippen molar-refractivity contribution >= 4 is 24.1 Å². The van der Waals surface area contributed by atoms with Gasteiger partial charge >= 0.3 is 0 Å². The third kappa shape index (κ3) is 4.78. The monoisotopic (exact) mass is 612 g/mol. The summed E-state index contributed by atoms with van der Waals surface area (Å²) in [5.74, 6) is 3.64. The van der Waals surface area contributed by atoms with Gasteiger partial charge in [0.25, 0.3) is 0 Å². The van der Waals surface area contributed by atoms with E-state index in [0.29, 0.717) is 0 Å². The minimum absolute atomic E-state index is 0.172. The number of rotatable bonds is 7. The summed E-state index contributed by atoms with van der Waals surface area (Å²) in [7, 11) is 6.73. The molecule has 4 saturated carbocycles. The molecule has 4 N–H and O–H groups in total. The van der Waals surface area contributed by atoms with E-state index in [1.807, 2.05) is 0 Å². The Morgan fingerprint density at radius 3 is 1.86 bits per heavy atom. The minimum Gasteiger partial charge on any atom is -0.301 e. The van der Waals surface area contributed by atoms with Crippen LogP contribution in [-0.2, 0) is 0 Å². The molecule has 2 aromatic carbocycles. The van der Waals surface area contributed by atoms with Gasteiger partial charge in [0.1, 0.15) is 0 Å². The van der Waals surface area contributed by atoms with Gasteiger partial charge in [-0.05, 0) is 134 Å². The third-order valence-corrected chi connectivity index (χ3v) is 13.8. The van der Waals surface area contributed by atoms with Gasteiger partial charge in [0.2, 0.25) is 0 Å². The molecule has 0 aromatic heterocycles. The van der Waals surface area contributed by atoms with Gasteiger partial charge in [-0.3, -0.25) is 0 Å². The highest BCUT2D eigenvalue weighted by Gasteiger charge is 2.62. The Kier molecular flexibility index (Phi) is 7.95. The lowest BCUT2D eigenvalue weighted by Gasteiger charge is -2.63. The number of benzene rings is 2. The Balaban J connectivity index is 1.41. The van der Waals surface area contributed by atoms with E-state index in [1.54, 1.807) is 11.1 Å². The summed E-state index contributed by atoms with van der Waals surface area (Å²) in [4.78, 5) is 0. The molecule has 6 unspecified atom stereocenters. The van der Waals surface area contributed by atoms with Gasteiger partial charge in [0.05, 0.1) is 17.5 Å². The van der Waals surface area contributed by atoms with Crippen LogP contribution in [0.15, 0.2) is 77.9 Å². The third-order valence-electron chi connectivity index (χ3n) is 12.3. The van der Waals surface area contributed by atoms with Gasteiger partial charge < -0.3 is 21.3 Å². The van der Waals surface area contributed by atoms with Crippen LogP contribution >= 0.6 is 18.5 Å². The number of allylic oxidation sites excluding steroid dienone is 3. The summed E-state index contributed by atoms with van der Waals surface area (Å²) in [6, 6.07) is 22.9. The fourth-order valence-electron chi connectivity index (χ4n) is 10.9. The van der Waals surface area contributed by atoms with E-state index >= 15 is 0 Å². The molecule has 2 aromatic rings. The Bertz CT molecular complexity index is 1330. The van der Waals surface area contributed by atoms with Crippen LogP contribution in [0.4, 0.5) is 0 Å². The topological polar surface area (TPSA) is 48.1 Å². The van der Waals surface area contributed by atoms with Crippen LogP contribution in [-0.4, -0.2) is 49.8 Å². The molecule has 0 amide bonds. The van der Waals surface area contributed by atoms with E-state index in [-0.39, 0.29) is 28.8 Å². The molecule has 6 fully saturated rings. The van der Waals surface area contributed by atoms with E-state index in [0.717, 1.165) is 49.9 Å². The lowest BCUT2D eigenvalue weighted by atomic mass is 9.42. The highest BCUT2D eigenvalue weighted by atomic mass is 31.0. The molecule has 2 saturated heterocycles. The van der Waals surface area contributed by atoms with E-state index in [1.165, 1.54) is 67.8 Å². The van der Waals surface area contributed by atoms with Gasteiger partial charge in [0, 0.05) is 5.92 Å². The first kappa shape index (κ1) is 29.1. The highest BCUT2D eigenvalue weighted by Crippen LogP contribution is 2.70. The molecular weight excluding hydrogens is 562 g/mol. The predicted octanol–water partition coefficient (Wildman–Crippen LogP) is 5.91. The maximum atomic E-state index is 3.98. The molecule has 2 aliphatic heterocycles. The van der Waals surface area contributed by atoms with E-state index in [4.69, 9.17) is 0 Å². The normalized spacial score (nSPS) is 35.0. The molecule has 4 nitrogen and oxygen atoms in total. The highest BCUT2D eigenvalue weighted by molar-refractivity contribution is 7.19. The van der Waals surface area contributed by atoms with Crippen LogP contribution in [0.5, 0.6) is 0 Å². The van der Waals surface area contributed by atoms with Gasteiger partial charge in [-0.1, -0.05) is 66.7 Å². The first-order chi connectivity index (χ1) is 21.1. The van der Waals surface area contributed by atoms with E-state index in [9.17, 15) is 0 Å². The lowest BCUT2D eigenvalue weighted by Crippen LogP contribution is -2.71. The summed E-state index contributed by atoms with van der Waals surface area (Å²) in [5, 5.41) is 15.7. The second-order valence-electron chi connectivity index (χ2n) is 14.6. The average molecular weight is 613 g/mol. The standard InChI is InChI=1S/C37H50N4P2/c42-23-31-28-18-24-17-25(19-28)22-36(31,21-24)33-30(37(43,34-38-13-7-14-39-34)35-40-15-8-16-41-35)20-29(26-9-3-1-4-10-26)32(33)27-11-5-2-6-12-27/h1-6,9-12,20,24-25,28,31-32,34-35,38-41H,7-8,13-19,21-23,42-43H2. The van der Waals surface area contributed by atoms with Crippen LogP contribution in [0.25, 0.3) is 5.57 Å². The number of hydrogen-bond donors (Lipinski definition) is 4. The molecule has 0 spiro atoms. The van der Waals surface area contributed by atoms with Crippen molar-refractivity contribution in [1.82, 2.24) is 21.3 Å². The van der Waals surface area contributed by atoms with Gasteiger partial charge in [0.15, 0.2) is 0 Å². The largest absolute Gasteiger partial charge is 0.301 e. The zero-order valence-electron chi connectivity index (χ0n) is 25.5. The molecular formula is C37H50N4P2. The zero-order valence-corrected chi connectivity index (χ0v) is 27.8. The quantitative estimate of drug-likeness (QED) is 0.294. The van der Waals surface area contributed by atoms with Gasteiger partial charge in [-0.25, -0.2) is 0 Å². The predicted molar refractivity (Wildman–Crippen MR) is 186 cm³/mol. The molecule has 6 heteroatoms. The zero-order chi connectivity index (χ0) is 29.0. The van der Waals surface area contributed by atoms with E-state index in [2.05, 4.69) is 106 Å². The van der Waals surface area contributed by atoms with Crippen molar-refractivity contribution in [3.63, 3.8) is 0 Å². The van der Waals surface area contributed by atoms with Crippen molar-refractivity contribution in [3.8, 4) is 0 Å². The average Bonchev–Trinajstić information content (AvgIpc) is 3.48. The van der Waals surface area contributed by atoms with Gasteiger partial charge in [-0.2, -0.15) is 0 Å². The molecule has 0 radical (unpaired) electrons. The molecule has 9 rings (SSSR count). The van der Waals surface area contributed by atoms with Crippen LogP contribution in [0.3, 0.4) is 0 Å². The molecule has 7 aliphatic rings. The first-order valence-corrected chi connectivity index (χ1v) is 18.5. The second-order valence-corrected chi connectivity index (χ2v) is 16.0. The van der Waals surface area contributed by atoms with Crippen LogP contribution in [0.1, 0.15) is 62.0 Å². The summed E-state index contributed by atoms with van der Waals surface area (Å²) in [6.45, 7) is 4.25. The Morgan fingerprint density at radius 2 is 1.30 bits per heavy atom. The molecule has 228 valence electrons.